The smallest absolute Gasteiger partial charge is 0.389 e. The molecule has 1 aromatic carbocycles. The maximum absolute atomic E-state index is 11.9. The molecule has 0 heterocycles. The second kappa shape index (κ2) is 5.73. The zero-order valence-electron chi connectivity index (χ0n) is 8.76. The second-order valence-corrected chi connectivity index (χ2v) is 5.34. The highest BCUT2D eigenvalue weighted by Gasteiger charge is 2.26. The Balaban J connectivity index is 2.65. The van der Waals surface area contributed by atoms with Crippen LogP contribution in [0.3, 0.4) is 0 Å². The number of anilines is 1. The molecule has 0 aromatic heterocycles. The summed E-state index contributed by atoms with van der Waals surface area (Å²) < 4.78 is 47.5. The zero-order chi connectivity index (χ0) is 13.1. The maximum Gasteiger partial charge on any atom is 0.389 e. The largest absolute Gasteiger partial charge is 0.398 e. The first kappa shape index (κ1) is 14.3. The topological polar surface area (TPSA) is 43.1 Å². The summed E-state index contributed by atoms with van der Waals surface area (Å²) in [6.45, 7) is 0. The van der Waals surface area contributed by atoms with E-state index in [1.54, 1.807) is 6.07 Å². The van der Waals surface area contributed by atoms with Crippen molar-refractivity contribution in [1.29, 1.82) is 0 Å². The molecule has 1 aromatic rings. The zero-order valence-corrected chi connectivity index (χ0v) is 10.3. The fourth-order valence-corrected chi connectivity index (χ4v) is 2.94. The van der Waals surface area contributed by atoms with E-state index in [2.05, 4.69) is 0 Å². The van der Waals surface area contributed by atoms with Gasteiger partial charge < -0.3 is 5.73 Å². The third-order valence-corrected chi connectivity index (χ3v) is 4.01. The summed E-state index contributed by atoms with van der Waals surface area (Å²) in [6, 6.07) is 4.62. The number of nitrogens with two attached hydrogens (primary N) is 1. The van der Waals surface area contributed by atoms with Crippen LogP contribution in [-0.2, 0) is 10.8 Å². The molecule has 2 N–H and O–H groups in total. The molecule has 7 heteroatoms. The lowest BCUT2D eigenvalue weighted by Crippen LogP contribution is -2.10. The molecule has 0 aliphatic carbocycles. The quantitative estimate of drug-likeness (QED) is 0.862. The number of hydrogen-bond acceptors (Lipinski definition) is 2. The lowest BCUT2D eigenvalue weighted by Gasteiger charge is -2.09. The Morgan fingerprint density at radius 1 is 1.35 bits per heavy atom. The lowest BCUT2D eigenvalue weighted by molar-refractivity contribution is -0.134. The van der Waals surface area contributed by atoms with E-state index in [-0.39, 0.29) is 27.8 Å². The third kappa shape index (κ3) is 4.55. The molecule has 1 atom stereocenters. The monoisotopic (exact) mass is 285 g/mol. The first-order valence-corrected chi connectivity index (χ1v) is 6.50. The van der Waals surface area contributed by atoms with E-state index in [1.165, 1.54) is 12.1 Å². The van der Waals surface area contributed by atoms with Crippen LogP contribution >= 0.6 is 11.6 Å². The van der Waals surface area contributed by atoms with Crippen molar-refractivity contribution in [2.75, 3.05) is 11.5 Å². The Morgan fingerprint density at radius 3 is 2.53 bits per heavy atom. The summed E-state index contributed by atoms with van der Waals surface area (Å²) in [5.41, 5.74) is 5.82. The van der Waals surface area contributed by atoms with Gasteiger partial charge in [0.25, 0.3) is 0 Å². The third-order valence-electron chi connectivity index (χ3n) is 2.02. The minimum atomic E-state index is -4.23. The van der Waals surface area contributed by atoms with Gasteiger partial charge in [-0.25, -0.2) is 0 Å². The Labute approximate surface area is 104 Å². The minimum absolute atomic E-state index is 0.104. The predicted molar refractivity (Wildman–Crippen MR) is 62.4 cm³/mol. The van der Waals surface area contributed by atoms with E-state index < -0.39 is 23.4 Å². The van der Waals surface area contributed by atoms with Crippen LogP contribution < -0.4 is 5.73 Å². The Bertz CT molecular complexity index is 402. The van der Waals surface area contributed by atoms with Crippen LogP contribution in [0.2, 0.25) is 5.02 Å². The van der Waals surface area contributed by atoms with E-state index in [0.29, 0.717) is 0 Å². The van der Waals surface area contributed by atoms with E-state index in [4.69, 9.17) is 17.3 Å². The van der Waals surface area contributed by atoms with Gasteiger partial charge >= 0.3 is 6.18 Å². The summed E-state index contributed by atoms with van der Waals surface area (Å²) in [4.78, 5) is 0.219. The Kier molecular flexibility index (Phi) is 4.82. The fourth-order valence-electron chi connectivity index (χ4n) is 1.27. The molecule has 0 aliphatic rings. The van der Waals surface area contributed by atoms with Crippen LogP contribution in [0.5, 0.6) is 0 Å². The van der Waals surface area contributed by atoms with Crippen molar-refractivity contribution in [3.8, 4) is 0 Å². The maximum atomic E-state index is 11.9. The highest BCUT2D eigenvalue weighted by Crippen LogP contribution is 2.27. The highest BCUT2D eigenvalue weighted by molar-refractivity contribution is 7.85. The van der Waals surface area contributed by atoms with Gasteiger partial charge in [-0.1, -0.05) is 17.7 Å². The number of nitrogen functional groups attached to an aromatic ring is 1. The van der Waals surface area contributed by atoms with Crippen LogP contribution in [0.4, 0.5) is 18.9 Å². The average Bonchev–Trinajstić information content (AvgIpc) is 2.15. The van der Waals surface area contributed by atoms with Crippen molar-refractivity contribution in [1.82, 2.24) is 0 Å². The number of halogens is 4. The normalized spacial score (nSPS) is 13.6. The molecule has 0 radical (unpaired) electrons. The number of hydrogen-bond donors (Lipinski definition) is 1. The molecule has 1 unspecified atom stereocenters. The average molecular weight is 286 g/mol. The van der Waals surface area contributed by atoms with Crippen LogP contribution in [0, 0.1) is 0 Å². The standard InChI is InChI=1S/C10H11ClF3NOS/c11-7-3-1-4-8(15)9(7)17(16)6-2-5-10(12,13)14/h1,3-4H,2,5-6,15H2. The van der Waals surface area contributed by atoms with Crippen molar-refractivity contribution >= 4 is 28.1 Å². The molecule has 0 fully saturated rings. The molecular formula is C10H11ClF3NOS. The predicted octanol–water partition coefficient (Wildman–Crippen LogP) is 3.37. The number of alkyl halides is 3. The van der Waals surface area contributed by atoms with Gasteiger partial charge in [0.05, 0.1) is 20.7 Å². The van der Waals surface area contributed by atoms with Crippen molar-refractivity contribution < 1.29 is 17.4 Å². The first-order chi connectivity index (χ1) is 7.81. The fraction of sp³-hybridized carbons (Fsp3) is 0.400. The SMILES string of the molecule is Nc1cccc(Cl)c1S(=O)CCCC(F)(F)F. The molecule has 2 nitrogen and oxygen atoms in total. The summed E-state index contributed by atoms with van der Waals surface area (Å²) >= 11 is 5.80. The molecule has 0 saturated heterocycles. The van der Waals surface area contributed by atoms with Crippen molar-refractivity contribution in [3.63, 3.8) is 0 Å². The molecule has 0 amide bonds. The number of benzene rings is 1. The molecule has 0 bridgehead atoms. The van der Waals surface area contributed by atoms with Crippen LogP contribution in [0.15, 0.2) is 23.1 Å². The molecule has 0 spiro atoms. The van der Waals surface area contributed by atoms with Crippen molar-refractivity contribution in [2.24, 2.45) is 0 Å². The van der Waals surface area contributed by atoms with E-state index in [0.717, 1.165) is 0 Å². The molecule has 0 saturated carbocycles. The highest BCUT2D eigenvalue weighted by atomic mass is 35.5. The van der Waals surface area contributed by atoms with Gasteiger partial charge in [0, 0.05) is 17.9 Å². The Morgan fingerprint density at radius 2 is 2.00 bits per heavy atom. The van der Waals surface area contributed by atoms with Crippen LogP contribution in [-0.4, -0.2) is 16.1 Å². The van der Waals surface area contributed by atoms with Gasteiger partial charge in [-0.05, 0) is 18.6 Å². The Hall–Kier alpha value is -0.750. The van der Waals surface area contributed by atoms with Crippen LogP contribution in [0.1, 0.15) is 12.8 Å². The van der Waals surface area contributed by atoms with Gasteiger partial charge in [0.2, 0.25) is 0 Å². The van der Waals surface area contributed by atoms with Gasteiger partial charge in [0.1, 0.15) is 0 Å². The van der Waals surface area contributed by atoms with Gasteiger partial charge in [-0.15, -0.1) is 0 Å². The van der Waals surface area contributed by atoms with Gasteiger partial charge in [0.15, 0.2) is 0 Å². The van der Waals surface area contributed by atoms with E-state index in [9.17, 15) is 17.4 Å². The van der Waals surface area contributed by atoms with Crippen molar-refractivity contribution in [3.05, 3.63) is 23.2 Å². The summed E-state index contributed by atoms with van der Waals surface area (Å²) in [5, 5.41) is 0.218. The molecule has 96 valence electrons. The van der Waals surface area contributed by atoms with Gasteiger partial charge in [-0.2, -0.15) is 13.2 Å². The second-order valence-electron chi connectivity index (χ2n) is 3.43. The van der Waals surface area contributed by atoms with Crippen molar-refractivity contribution in [2.45, 2.75) is 23.9 Å². The molecule has 1 rings (SSSR count). The first-order valence-electron chi connectivity index (χ1n) is 4.80. The summed E-state index contributed by atoms with van der Waals surface area (Å²) in [5.74, 6) is -0.104. The minimum Gasteiger partial charge on any atom is -0.398 e. The van der Waals surface area contributed by atoms with E-state index in [1.807, 2.05) is 0 Å². The van der Waals surface area contributed by atoms with Crippen LogP contribution in [0.25, 0.3) is 0 Å². The molecule has 0 aliphatic heterocycles. The molecular weight excluding hydrogens is 275 g/mol. The van der Waals surface area contributed by atoms with E-state index >= 15 is 0 Å². The molecule has 17 heavy (non-hydrogen) atoms. The summed E-state index contributed by atoms with van der Waals surface area (Å²) in [7, 11) is -1.60. The van der Waals surface area contributed by atoms with Gasteiger partial charge in [-0.3, -0.25) is 4.21 Å². The summed E-state index contributed by atoms with van der Waals surface area (Å²) in [6.07, 6.45) is -5.39. The number of rotatable bonds is 4. The lowest BCUT2D eigenvalue weighted by atomic mass is 10.3.